The Morgan fingerprint density at radius 2 is 1.66 bits per heavy atom. The predicted octanol–water partition coefficient (Wildman–Crippen LogP) is 5.07. The van der Waals surface area contributed by atoms with E-state index in [4.69, 9.17) is 14.2 Å². The van der Waals surface area contributed by atoms with Crippen molar-refractivity contribution in [3.63, 3.8) is 0 Å². The number of hydrogen-bond acceptors (Lipinski definition) is 9. The fraction of sp³-hybridized carbons (Fsp3) is 0.242. The van der Waals surface area contributed by atoms with Gasteiger partial charge in [-0.05, 0) is 86.9 Å². The largest absolute Gasteiger partial charge is 0.494 e. The Hall–Kier alpha value is -5.03. The second kappa shape index (κ2) is 13.1. The lowest BCUT2D eigenvalue weighted by atomic mass is 9.96. The number of carbonyl (C=O) groups is 1. The maximum atomic E-state index is 13.9. The summed E-state index contributed by atoms with van der Waals surface area (Å²) in [4.78, 5) is 42.7. The molecule has 5 rings (SSSR count). The van der Waals surface area contributed by atoms with Crippen LogP contribution < -0.4 is 24.4 Å². The summed E-state index contributed by atoms with van der Waals surface area (Å²) in [7, 11) is 0. The maximum Gasteiger partial charge on any atom is 0.338 e. The van der Waals surface area contributed by atoms with E-state index in [1.807, 2.05) is 43.3 Å². The molecule has 44 heavy (non-hydrogen) atoms. The summed E-state index contributed by atoms with van der Waals surface area (Å²) >= 11 is 1.25. The first-order valence-corrected chi connectivity index (χ1v) is 14.9. The number of thiazole rings is 1. The van der Waals surface area contributed by atoms with Gasteiger partial charge in [0.2, 0.25) is 0 Å². The molecule has 3 aromatic carbocycles. The number of allylic oxidation sites excluding steroid dienone is 1. The van der Waals surface area contributed by atoms with Crippen LogP contribution in [0.1, 0.15) is 50.4 Å². The third-order valence-electron chi connectivity index (χ3n) is 6.82. The Bertz CT molecular complexity index is 1890. The van der Waals surface area contributed by atoms with Crippen LogP contribution in [0.15, 0.2) is 93.9 Å². The highest BCUT2D eigenvalue weighted by molar-refractivity contribution is 7.07. The summed E-state index contributed by atoms with van der Waals surface area (Å²) in [6.07, 6.45) is 1.44. The van der Waals surface area contributed by atoms with E-state index in [0.717, 1.165) is 16.7 Å². The lowest BCUT2D eigenvalue weighted by Gasteiger charge is -2.25. The molecule has 4 aromatic rings. The minimum atomic E-state index is -0.717. The number of esters is 1. The van der Waals surface area contributed by atoms with Crippen molar-refractivity contribution in [2.45, 2.75) is 46.4 Å². The van der Waals surface area contributed by atoms with Crippen LogP contribution >= 0.6 is 11.3 Å². The minimum absolute atomic E-state index is 0.0241. The molecule has 0 saturated heterocycles. The summed E-state index contributed by atoms with van der Waals surface area (Å²) in [5.74, 6) is 0.788. The van der Waals surface area contributed by atoms with Crippen LogP contribution in [0, 0.1) is 10.1 Å². The third-order valence-corrected chi connectivity index (χ3v) is 7.80. The number of nitro groups is 1. The Labute approximate surface area is 257 Å². The zero-order chi connectivity index (χ0) is 31.4. The van der Waals surface area contributed by atoms with Crippen LogP contribution in [0.3, 0.4) is 0 Å². The smallest absolute Gasteiger partial charge is 0.338 e. The summed E-state index contributed by atoms with van der Waals surface area (Å²) in [5, 5.41) is 10.9. The van der Waals surface area contributed by atoms with Gasteiger partial charge in [-0.15, -0.1) is 0 Å². The Morgan fingerprint density at radius 3 is 2.27 bits per heavy atom. The highest BCUT2D eigenvalue weighted by Gasteiger charge is 2.33. The molecular weight excluding hydrogens is 582 g/mol. The molecule has 1 aliphatic rings. The Balaban J connectivity index is 1.45. The molecule has 0 bridgehead atoms. The van der Waals surface area contributed by atoms with E-state index >= 15 is 0 Å². The molecule has 0 saturated carbocycles. The van der Waals surface area contributed by atoms with Gasteiger partial charge in [-0.25, -0.2) is 9.79 Å². The average molecular weight is 614 g/mol. The van der Waals surface area contributed by atoms with Gasteiger partial charge in [-0.1, -0.05) is 35.6 Å². The number of aromatic nitrogens is 1. The van der Waals surface area contributed by atoms with Crippen LogP contribution in [0.5, 0.6) is 11.5 Å². The van der Waals surface area contributed by atoms with Gasteiger partial charge in [0.05, 0.1) is 39.5 Å². The normalized spacial score (nSPS) is 14.7. The van der Waals surface area contributed by atoms with E-state index < -0.39 is 16.9 Å². The molecule has 0 spiro atoms. The minimum Gasteiger partial charge on any atom is -0.494 e. The van der Waals surface area contributed by atoms with E-state index in [-0.39, 0.29) is 24.0 Å². The molecule has 2 heterocycles. The van der Waals surface area contributed by atoms with Gasteiger partial charge in [-0.3, -0.25) is 19.5 Å². The third kappa shape index (κ3) is 6.63. The zero-order valence-corrected chi connectivity index (χ0v) is 25.5. The number of nitro benzene ring substituents is 1. The van der Waals surface area contributed by atoms with Crippen LogP contribution in [0.4, 0.5) is 5.69 Å². The van der Waals surface area contributed by atoms with Crippen LogP contribution in [0.2, 0.25) is 0 Å². The zero-order valence-electron chi connectivity index (χ0n) is 24.7. The highest BCUT2D eigenvalue weighted by Crippen LogP contribution is 2.32. The van der Waals surface area contributed by atoms with Gasteiger partial charge in [0.15, 0.2) is 4.80 Å². The lowest BCUT2D eigenvalue weighted by molar-refractivity contribution is -0.384. The first kappa shape index (κ1) is 30.4. The molecule has 226 valence electrons. The van der Waals surface area contributed by atoms with Crippen LogP contribution in [-0.2, 0) is 16.1 Å². The number of hydrogen-bond donors (Lipinski definition) is 0. The number of fused-ring (bicyclic) bond motifs is 1. The van der Waals surface area contributed by atoms with Gasteiger partial charge in [0.25, 0.3) is 11.2 Å². The molecule has 1 atom stereocenters. The lowest BCUT2D eigenvalue weighted by Crippen LogP contribution is -2.40. The first-order valence-electron chi connectivity index (χ1n) is 14.1. The van der Waals surface area contributed by atoms with Crippen molar-refractivity contribution in [3.05, 3.63) is 131 Å². The van der Waals surface area contributed by atoms with Crippen LogP contribution in [0.25, 0.3) is 6.08 Å². The molecule has 1 aromatic heterocycles. The molecule has 0 radical (unpaired) electrons. The molecule has 10 nitrogen and oxygen atoms in total. The van der Waals surface area contributed by atoms with E-state index in [2.05, 4.69) is 4.99 Å². The molecule has 0 amide bonds. The van der Waals surface area contributed by atoms with E-state index in [0.29, 0.717) is 38.7 Å². The van der Waals surface area contributed by atoms with E-state index in [1.165, 1.54) is 23.5 Å². The number of ether oxygens (including phenoxy) is 3. The first-order chi connectivity index (χ1) is 21.1. The summed E-state index contributed by atoms with van der Waals surface area (Å²) < 4.78 is 19.0. The summed E-state index contributed by atoms with van der Waals surface area (Å²) in [6.45, 7) is 7.99. The molecule has 0 N–H and O–H groups in total. The molecular formula is C33H31N3O7S. The quantitative estimate of drug-likeness (QED) is 0.139. The molecule has 0 fully saturated rings. The van der Waals surface area contributed by atoms with Crippen molar-refractivity contribution in [1.82, 2.24) is 4.57 Å². The van der Waals surface area contributed by atoms with E-state index in [9.17, 15) is 19.7 Å². The monoisotopic (exact) mass is 613 g/mol. The second-order valence-electron chi connectivity index (χ2n) is 10.3. The molecule has 11 heteroatoms. The van der Waals surface area contributed by atoms with Crippen molar-refractivity contribution in [3.8, 4) is 11.5 Å². The SMILES string of the molecule is CCOc1ccc([C@@H]2C(C(=O)OC(C)C)=C(C)N=c3s/c(=C/c4ccc(OCc5ccc([N+](=O)[O-])cc5)cc4)c(=O)n32)cc1. The van der Waals surface area contributed by atoms with Crippen molar-refractivity contribution in [1.29, 1.82) is 0 Å². The van der Waals surface area contributed by atoms with Crippen molar-refractivity contribution in [2.24, 2.45) is 4.99 Å². The highest BCUT2D eigenvalue weighted by atomic mass is 32.1. The van der Waals surface area contributed by atoms with Gasteiger partial charge in [-0.2, -0.15) is 0 Å². The van der Waals surface area contributed by atoms with Gasteiger partial charge < -0.3 is 14.2 Å². The number of rotatable bonds is 10. The van der Waals surface area contributed by atoms with Gasteiger partial charge in [0.1, 0.15) is 18.1 Å². The number of benzene rings is 3. The molecule has 1 aliphatic heterocycles. The fourth-order valence-corrected chi connectivity index (χ4v) is 5.83. The summed E-state index contributed by atoms with van der Waals surface area (Å²) in [5.41, 5.74) is 2.89. The van der Waals surface area contributed by atoms with Crippen molar-refractivity contribution >= 4 is 29.1 Å². The second-order valence-corrected chi connectivity index (χ2v) is 11.3. The predicted molar refractivity (Wildman–Crippen MR) is 166 cm³/mol. The Kier molecular flexibility index (Phi) is 9.05. The van der Waals surface area contributed by atoms with Crippen molar-refractivity contribution in [2.75, 3.05) is 6.61 Å². The Morgan fingerprint density at radius 1 is 1.02 bits per heavy atom. The number of non-ortho nitro benzene ring substituents is 1. The molecule has 0 aliphatic carbocycles. The summed E-state index contributed by atoms with van der Waals surface area (Å²) in [6, 6.07) is 20.1. The standard InChI is InChI=1S/C33H31N3O7S/c1-5-41-26-16-10-24(11-17-26)30-29(32(38)43-20(2)3)21(4)34-33-35(30)31(37)28(44-33)18-22-8-14-27(15-9-22)42-19-23-6-12-25(13-7-23)36(39)40/h6-18,20,30H,5,19H2,1-4H3/b28-18+/t30-/m1/s1. The number of carbonyl (C=O) groups excluding carboxylic acids is 1. The van der Waals surface area contributed by atoms with Gasteiger partial charge in [0, 0.05) is 12.1 Å². The molecule has 0 unspecified atom stereocenters. The van der Waals surface area contributed by atoms with Crippen LogP contribution in [-0.4, -0.2) is 28.2 Å². The number of nitrogens with zero attached hydrogens (tertiary/aromatic N) is 3. The topological polar surface area (TPSA) is 122 Å². The maximum absolute atomic E-state index is 13.9. The van der Waals surface area contributed by atoms with Crippen molar-refractivity contribution < 1.29 is 23.9 Å². The van der Waals surface area contributed by atoms with Gasteiger partial charge >= 0.3 is 5.97 Å². The average Bonchev–Trinajstić information content (AvgIpc) is 3.30. The fourth-order valence-electron chi connectivity index (χ4n) is 4.78. The van der Waals surface area contributed by atoms with E-state index in [1.54, 1.807) is 55.7 Å².